The molecule has 2 aliphatic heterocycles. The van der Waals surface area contributed by atoms with Crippen LogP contribution in [0.3, 0.4) is 0 Å². The van der Waals surface area contributed by atoms with E-state index in [4.69, 9.17) is 9.47 Å². The third-order valence-corrected chi connectivity index (χ3v) is 6.86. The molecule has 0 bridgehead atoms. The summed E-state index contributed by atoms with van der Waals surface area (Å²) in [5, 5.41) is 9.54. The first-order valence-electron chi connectivity index (χ1n) is 11.5. The van der Waals surface area contributed by atoms with Gasteiger partial charge in [0.2, 0.25) is 12.2 Å². The lowest BCUT2D eigenvalue weighted by Gasteiger charge is -2.36. The standard InChI is InChI=1S/C25H24FN3O5/c26-19-10-17-20(29(16-4-5-16)13-18(23(17)30)25(31)32)11-21(19)28-8-6-27(7-9-28)12-15-2-1-3-22-24(15)34-14-33-22/h1-3,10-11,13,16H,4-9,12,14H2,(H,31,32). The minimum Gasteiger partial charge on any atom is -0.477 e. The Morgan fingerprint density at radius 1 is 1.12 bits per heavy atom. The van der Waals surface area contributed by atoms with Crippen LogP contribution < -0.4 is 19.8 Å². The Hall–Kier alpha value is -3.59. The van der Waals surface area contributed by atoms with E-state index in [1.54, 1.807) is 6.07 Å². The molecule has 6 rings (SSSR count). The van der Waals surface area contributed by atoms with E-state index in [0.29, 0.717) is 24.3 Å². The predicted molar refractivity (Wildman–Crippen MR) is 123 cm³/mol. The topological polar surface area (TPSA) is 84.2 Å². The van der Waals surface area contributed by atoms with Gasteiger partial charge in [0.1, 0.15) is 11.4 Å². The Morgan fingerprint density at radius 2 is 1.91 bits per heavy atom. The number of carboxylic acid groups (broad SMARTS) is 1. The van der Waals surface area contributed by atoms with E-state index >= 15 is 4.39 Å². The van der Waals surface area contributed by atoms with Crippen LogP contribution in [0.15, 0.2) is 41.3 Å². The first-order chi connectivity index (χ1) is 16.5. The first kappa shape index (κ1) is 21.0. The molecule has 0 radical (unpaired) electrons. The number of pyridine rings is 1. The highest BCUT2D eigenvalue weighted by molar-refractivity contribution is 5.93. The fourth-order valence-electron chi connectivity index (χ4n) is 4.91. The normalized spacial score (nSPS) is 18.0. The molecular weight excluding hydrogens is 441 g/mol. The van der Waals surface area contributed by atoms with Gasteiger partial charge in [0.25, 0.3) is 0 Å². The van der Waals surface area contributed by atoms with Crippen molar-refractivity contribution in [3.63, 3.8) is 0 Å². The molecule has 2 aromatic carbocycles. The number of carbonyl (C=O) groups is 1. The average molecular weight is 465 g/mol. The molecule has 0 spiro atoms. The number of nitrogens with zero attached hydrogens (tertiary/aromatic N) is 3. The van der Waals surface area contributed by atoms with Crippen LogP contribution in [0.5, 0.6) is 11.5 Å². The van der Waals surface area contributed by atoms with E-state index in [1.165, 1.54) is 12.3 Å². The molecule has 34 heavy (non-hydrogen) atoms. The number of fused-ring (bicyclic) bond motifs is 2. The summed E-state index contributed by atoms with van der Waals surface area (Å²) in [6.45, 7) is 3.72. The predicted octanol–water partition coefficient (Wildman–Crippen LogP) is 3.22. The third kappa shape index (κ3) is 3.56. The second-order valence-corrected chi connectivity index (χ2v) is 9.05. The zero-order chi connectivity index (χ0) is 23.4. The Kier molecular flexibility index (Phi) is 4.95. The zero-order valence-corrected chi connectivity index (χ0v) is 18.5. The lowest BCUT2D eigenvalue weighted by atomic mass is 10.1. The Bertz CT molecular complexity index is 1360. The highest BCUT2D eigenvalue weighted by atomic mass is 19.1. The maximum Gasteiger partial charge on any atom is 0.341 e. The molecule has 8 nitrogen and oxygen atoms in total. The molecule has 9 heteroatoms. The molecule has 1 saturated heterocycles. The third-order valence-electron chi connectivity index (χ3n) is 6.86. The fraction of sp³-hybridized carbons (Fsp3) is 0.360. The van der Waals surface area contributed by atoms with E-state index in [9.17, 15) is 14.7 Å². The Morgan fingerprint density at radius 3 is 2.65 bits per heavy atom. The summed E-state index contributed by atoms with van der Waals surface area (Å²) in [5.41, 5.74) is 1.15. The minimum absolute atomic E-state index is 0.117. The highest BCUT2D eigenvalue weighted by Gasteiger charge is 2.29. The number of halogens is 1. The SMILES string of the molecule is O=C(O)c1cn(C2CC2)c2cc(N3CCN(Cc4cccc5c4OCO5)CC3)c(F)cc2c1=O. The average Bonchev–Trinajstić information content (AvgIpc) is 3.55. The molecule has 0 amide bonds. The van der Waals surface area contributed by atoms with Crippen LogP contribution in [0.2, 0.25) is 0 Å². The van der Waals surface area contributed by atoms with Gasteiger partial charge in [-0.25, -0.2) is 9.18 Å². The van der Waals surface area contributed by atoms with Gasteiger partial charge in [-0.2, -0.15) is 0 Å². The van der Waals surface area contributed by atoms with Gasteiger partial charge >= 0.3 is 5.97 Å². The van der Waals surface area contributed by atoms with Gasteiger partial charge in [-0.3, -0.25) is 9.69 Å². The molecule has 3 aromatic rings. The number of carboxylic acids is 1. The van der Waals surface area contributed by atoms with Crippen molar-refractivity contribution in [2.24, 2.45) is 0 Å². The van der Waals surface area contributed by atoms with E-state index in [-0.39, 0.29) is 23.8 Å². The summed E-state index contributed by atoms with van der Waals surface area (Å²) in [4.78, 5) is 28.5. The molecule has 1 aromatic heterocycles. The molecular formula is C25H24FN3O5. The summed E-state index contributed by atoms with van der Waals surface area (Å²) < 4.78 is 28.1. The lowest BCUT2D eigenvalue weighted by molar-refractivity contribution is 0.0695. The van der Waals surface area contributed by atoms with Crippen molar-refractivity contribution >= 4 is 22.6 Å². The smallest absolute Gasteiger partial charge is 0.341 e. The first-order valence-corrected chi connectivity index (χ1v) is 11.5. The van der Waals surface area contributed by atoms with Crippen molar-refractivity contribution in [2.75, 3.05) is 37.9 Å². The molecule has 1 N–H and O–H groups in total. The van der Waals surface area contributed by atoms with Crippen molar-refractivity contribution in [1.29, 1.82) is 0 Å². The monoisotopic (exact) mass is 465 g/mol. The summed E-state index contributed by atoms with van der Waals surface area (Å²) in [6.07, 6.45) is 3.25. The largest absolute Gasteiger partial charge is 0.477 e. The second kappa shape index (κ2) is 8.02. The van der Waals surface area contributed by atoms with Gasteiger partial charge < -0.3 is 24.0 Å². The number of piperazine rings is 1. The van der Waals surface area contributed by atoms with Gasteiger partial charge in [0.15, 0.2) is 11.5 Å². The molecule has 2 fully saturated rings. The summed E-state index contributed by atoms with van der Waals surface area (Å²) >= 11 is 0. The van der Waals surface area contributed by atoms with Gasteiger partial charge in [-0.05, 0) is 31.0 Å². The Labute approximate surface area is 194 Å². The van der Waals surface area contributed by atoms with Crippen molar-refractivity contribution < 1.29 is 23.8 Å². The highest BCUT2D eigenvalue weighted by Crippen LogP contribution is 2.39. The number of hydrogen-bond acceptors (Lipinski definition) is 6. The van der Waals surface area contributed by atoms with Crippen molar-refractivity contribution in [3.05, 3.63) is 63.7 Å². The molecule has 3 heterocycles. The fourth-order valence-corrected chi connectivity index (χ4v) is 4.91. The van der Waals surface area contributed by atoms with Crippen LogP contribution in [0.4, 0.5) is 10.1 Å². The number of para-hydroxylation sites is 1. The summed E-state index contributed by atoms with van der Waals surface area (Å²) in [5.74, 6) is -0.233. The van der Waals surface area contributed by atoms with Crippen LogP contribution in [0, 0.1) is 5.82 Å². The summed E-state index contributed by atoms with van der Waals surface area (Å²) in [7, 11) is 0. The van der Waals surface area contributed by atoms with Gasteiger partial charge in [0, 0.05) is 55.9 Å². The Balaban J connectivity index is 1.26. The number of benzene rings is 2. The molecule has 176 valence electrons. The summed E-state index contributed by atoms with van der Waals surface area (Å²) in [6, 6.07) is 8.95. The second-order valence-electron chi connectivity index (χ2n) is 9.05. The number of ether oxygens (including phenoxy) is 2. The van der Waals surface area contributed by atoms with E-state index in [1.807, 2.05) is 27.7 Å². The number of hydrogen-bond donors (Lipinski definition) is 1. The maximum atomic E-state index is 15.2. The van der Waals surface area contributed by atoms with Gasteiger partial charge in [-0.1, -0.05) is 12.1 Å². The van der Waals surface area contributed by atoms with Crippen LogP contribution in [0.1, 0.15) is 34.8 Å². The van der Waals surface area contributed by atoms with Crippen molar-refractivity contribution in [1.82, 2.24) is 9.47 Å². The van der Waals surface area contributed by atoms with Crippen molar-refractivity contribution in [2.45, 2.75) is 25.4 Å². The van der Waals surface area contributed by atoms with E-state index in [0.717, 1.165) is 49.5 Å². The quantitative estimate of drug-likeness (QED) is 0.619. The van der Waals surface area contributed by atoms with Gasteiger partial charge in [-0.15, -0.1) is 0 Å². The molecule has 1 aliphatic carbocycles. The lowest BCUT2D eigenvalue weighted by Crippen LogP contribution is -2.46. The zero-order valence-electron chi connectivity index (χ0n) is 18.5. The number of aromatic nitrogens is 1. The van der Waals surface area contributed by atoms with Crippen LogP contribution in [0.25, 0.3) is 10.9 Å². The minimum atomic E-state index is -1.29. The maximum absolute atomic E-state index is 15.2. The molecule has 0 unspecified atom stereocenters. The van der Waals surface area contributed by atoms with Crippen LogP contribution >= 0.6 is 0 Å². The van der Waals surface area contributed by atoms with Crippen molar-refractivity contribution in [3.8, 4) is 11.5 Å². The molecule has 0 atom stereocenters. The van der Waals surface area contributed by atoms with E-state index < -0.39 is 17.2 Å². The van der Waals surface area contributed by atoms with Crippen LogP contribution in [-0.4, -0.2) is 53.5 Å². The van der Waals surface area contributed by atoms with Crippen LogP contribution in [-0.2, 0) is 6.54 Å². The van der Waals surface area contributed by atoms with E-state index in [2.05, 4.69) is 4.90 Å². The molecule has 3 aliphatic rings. The number of anilines is 1. The number of rotatable bonds is 5. The van der Waals surface area contributed by atoms with Gasteiger partial charge in [0.05, 0.1) is 11.2 Å². The number of aromatic carboxylic acids is 1. The molecule has 1 saturated carbocycles.